The van der Waals surface area contributed by atoms with Crippen LogP contribution >= 0.6 is 0 Å². The van der Waals surface area contributed by atoms with Crippen LogP contribution in [0.15, 0.2) is 33.0 Å². The molecule has 2 saturated heterocycles. The maximum Gasteiger partial charge on any atom is 0.274 e. The van der Waals surface area contributed by atoms with Gasteiger partial charge in [0.1, 0.15) is 22.8 Å². The van der Waals surface area contributed by atoms with E-state index in [1.807, 2.05) is 26.0 Å². The number of aromatic nitrogens is 2. The molecule has 0 bridgehead atoms. The average Bonchev–Trinajstić information content (AvgIpc) is 3.28. The maximum absolute atomic E-state index is 13.3. The van der Waals surface area contributed by atoms with Crippen LogP contribution in [0.1, 0.15) is 43.6 Å². The van der Waals surface area contributed by atoms with Crippen LogP contribution in [-0.2, 0) is 0 Å². The number of rotatable bonds is 7. The lowest BCUT2D eigenvalue weighted by Gasteiger charge is -2.34. The number of aliphatic imine (C=N–C) groups is 2. The van der Waals surface area contributed by atoms with Crippen LogP contribution in [0, 0.1) is 0 Å². The van der Waals surface area contributed by atoms with Crippen LogP contribution in [0.3, 0.4) is 0 Å². The number of anilines is 1. The van der Waals surface area contributed by atoms with E-state index in [1.165, 1.54) is 0 Å². The van der Waals surface area contributed by atoms with Crippen molar-refractivity contribution in [3.8, 4) is 5.75 Å². The Bertz CT molecular complexity index is 1150. The van der Waals surface area contributed by atoms with Crippen molar-refractivity contribution in [3.05, 3.63) is 39.9 Å². The average molecular weight is 480 g/mol. The summed E-state index contributed by atoms with van der Waals surface area (Å²) < 4.78 is 7.44. The van der Waals surface area contributed by atoms with E-state index in [2.05, 4.69) is 51.6 Å². The summed E-state index contributed by atoms with van der Waals surface area (Å²) in [5.41, 5.74) is 2.80. The largest absolute Gasteiger partial charge is 0.494 e. The predicted molar refractivity (Wildman–Crippen MR) is 143 cm³/mol. The van der Waals surface area contributed by atoms with Gasteiger partial charge in [0.15, 0.2) is 5.82 Å². The van der Waals surface area contributed by atoms with Gasteiger partial charge < -0.3 is 19.4 Å². The van der Waals surface area contributed by atoms with Crippen LogP contribution < -0.4 is 15.2 Å². The van der Waals surface area contributed by atoms with Gasteiger partial charge in [-0.05, 0) is 45.9 Å². The van der Waals surface area contributed by atoms with Crippen molar-refractivity contribution in [3.63, 3.8) is 0 Å². The maximum atomic E-state index is 13.3. The zero-order valence-electron chi connectivity index (χ0n) is 21.6. The number of piperazine rings is 1. The molecule has 188 valence electrons. The third-order valence-electron chi connectivity index (χ3n) is 6.92. The molecule has 0 amide bonds. The van der Waals surface area contributed by atoms with Gasteiger partial charge in [-0.1, -0.05) is 13.8 Å². The van der Waals surface area contributed by atoms with Crippen LogP contribution in [-0.4, -0.2) is 92.8 Å². The summed E-state index contributed by atoms with van der Waals surface area (Å²) >= 11 is 0. The molecule has 0 saturated carbocycles. The molecule has 1 aromatic heterocycles. The van der Waals surface area contributed by atoms with Crippen LogP contribution in [0.5, 0.6) is 5.75 Å². The van der Waals surface area contributed by atoms with E-state index >= 15 is 0 Å². The van der Waals surface area contributed by atoms with Crippen molar-refractivity contribution in [2.45, 2.75) is 32.2 Å². The fraction of sp³-hybridized carbons (Fsp3) is 0.538. The van der Waals surface area contributed by atoms with Gasteiger partial charge in [-0.25, -0.2) is 9.98 Å². The first-order valence-corrected chi connectivity index (χ1v) is 12.3. The van der Waals surface area contributed by atoms with Gasteiger partial charge in [-0.3, -0.25) is 14.4 Å². The van der Waals surface area contributed by atoms with E-state index in [0.717, 1.165) is 51.4 Å². The Balaban J connectivity index is 1.70. The zero-order chi connectivity index (χ0) is 25.1. The smallest absolute Gasteiger partial charge is 0.274 e. The summed E-state index contributed by atoms with van der Waals surface area (Å²) in [6.45, 7) is 13.5. The number of nitrogens with zero attached hydrogens (tertiary/aromatic N) is 7. The topological polar surface area (TPSA) is 78.6 Å². The van der Waals surface area contributed by atoms with E-state index in [9.17, 15) is 4.79 Å². The molecule has 1 aromatic carbocycles. The van der Waals surface area contributed by atoms with E-state index in [0.29, 0.717) is 28.6 Å². The number of benzene rings is 1. The quantitative estimate of drug-likeness (QED) is 0.568. The molecule has 0 unspecified atom stereocenters. The van der Waals surface area contributed by atoms with E-state index in [1.54, 1.807) is 17.9 Å². The highest BCUT2D eigenvalue weighted by atomic mass is 16.5. The van der Waals surface area contributed by atoms with Gasteiger partial charge in [-0.2, -0.15) is 0 Å². The molecule has 9 heteroatoms. The summed E-state index contributed by atoms with van der Waals surface area (Å²) in [5.74, 6) is 1.15. The van der Waals surface area contributed by atoms with Gasteiger partial charge in [-0.15, -0.1) is 0 Å². The minimum atomic E-state index is -0.0889. The lowest BCUT2D eigenvalue weighted by Crippen LogP contribution is -2.44. The third kappa shape index (κ3) is 5.31. The third-order valence-corrected chi connectivity index (χ3v) is 6.92. The van der Waals surface area contributed by atoms with Crippen LogP contribution in [0.25, 0.3) is 0 Å². The lowest BCUT2D eigenvalue weighted by atomic mass is 10.1. The normalized spacial score (nSPS) is 19.7. The van der Waals surface area contributed by atoms with Crippen molar-refractivity contribution in [1.82, 2.24) is 19.4 Å². The molecular formula is C26H37N7O2. The molecular weight excluding hydrogens is 442 g/mol. The molecule has 2 fully saturated rings. The summed E-state index contributed by atoms with van der Waals surface area (Å²) in [4.78, 5) is 33.9. The highest BCUT2D eigenvalue weighted by Crippen LogP contribution is 2.33. The molecule has 2 aliphatic heterocycles. The second-order valence-corrected chi connectivity index (χ2v) is 9.80. The van der Waals surface area contributed by atoms with E-state index in [4.69, 9.17) is 9.73 Å². The Morgan fingerprint density at radius 1 is 1.14 bits per heavy atom. The van der Waals surface area contributed by atoms with Gasteiger partial charge in [0.05, 0.1) is 19.4 Å². The fourth-order valence-corrected chi connectivity index (χ4v) is 4.82. The van der Waals surface area contributed by atoms with Gasteiger partial charge >= 0.3 is 0 Å². The van der Waals surface area contributed by atoms with Crippen LogP contribution in [0.4, 0.5) is 17.2 Å². The van der Waals surface area contributed by atoms with Crippen molar-refractivity contribution >= 4 is 30.1 Å². The first-order valence-electron chi connectivity index (χ1n) is 12.3. The first kappa shape index (κ1) is 25.1. The van der Waals surface area contributed by atoms with Crippen molar-refractivity contribution in [2.75, 3.05) is 65.4 Å². The minimum Gasteiger partial charge on any atom is -0.494 e. The standard InChI is InChI=1S/C26H37N7O2/c1-18(2)24-26(34)33(20-9-10-31(5)17-20)25(27-3)22(29-24)16-28-21-8-7-19(15-23(21)35-6)32-13-11-30(4)12-14-32/h7-8,15-16,18,20H,3,9-14,17H2,1-2,4-6H3/b28-16-/t20-/m0/s1. The number of likely N-dealkylation sites (tertiary alicyclic amines) is 1. The second-order valence-electron chi connectivity index (χ2n) is 9.80. The molecule has 1 atom stereocenters. The molecule has 2 aromatic rings. The molecule has 0 aliphatic carbocycles. The van der Waals surface area contributed by atoms with Crippen molar-refractivity contribution in [1.29, 1.82) is 0 Å². The van der Waals surface area contributed by atoms with Crippen molar-refractivity contribution in [2.24, 2.45) is 9.98 Å². The summed E-state index contributed by atoms with van der Waals surface area (Å²) in [6, 6.07) is 6.12. The number of methoxy groups -OCH3 is 1. The second kappa shape index (κ2) is 10.7. The SMILES string of the molecule is C=Nc1c(/C=N\c2ccc(N3CCN(C)CC3)cc2OC)nc(C(C)C)c(=O)n1[C@H]1CCN(C)C1. The van der Waals surface area contributed by atoms with Crippen LogP contribution in [0.2, 0.25) is 0 Å². The van der Waals surface area contributed by atoms with Crippen molar-refractivity contribution < 1.29 is 4.74 Å². The first-order chi connectivity index (χ1) is 16.8. The van der Waals surface area contributed by atoms with Gasteiger partial charge in [0, 0.05) is 50.4 Å². The van der Waals surface area contributed by atoms with Gasteiger partial charge in [0.25, 0.3) is 5.56 Å². The van der Waals surface area contributed by atoms with E-state index < -0.39 is 0 Å². The Hall–Kier alpha value is -3.04. The molecule has 4 rings (SSSR count). The number of hydrogen-bond donors (Lipinski definition) is 0. The summed E-state index contributed by atoms with van der Waals surface area (Å²) in [6.07, 6.45) is 2.57. The van der Waals surface area contributed by atoms with Gasteiger partial charge in [0.2, 0.25) is 0 Å². The number of ether oxygens (including phenoxy) is 1. The van der Waals surface area contributed by atoms with E-state index in [-0.39, 0.29) is 17.5 Å². The number of hydrogen-bond acceptors (Lipinski definition) is 8. The lowest BCUT2D eigenvalue weighted by molar-refractivity contribution is 0.312. The minimum absolute atomic E-state index is 0.0173. The molecule has 3 heterocycles. The summed E-state index contributed by atoms with van der Waals surface area (Å²) in [7, 11) is 5.87. The Morgan fingerprint density at radius 2 is 1.89 bits per heavy atom. The molecule has 0 radical (unpaired) electrons. The Labute approximate surface area is 207 Å². The monoisotopic (exact) mass is 479 g/mol. The Morgan fingerprint density at radius 3 is 2.49 bits per heavy atom. The molecule has 2 aliphatic rings. The molecule has 9 nitrogen and oxygen atoms in total. The highest BCUT2D eigenvalue weighted by Gasteiger charge is 2.27. The number of likely N-dealkylation sites (N-methyl/N-ethyl adjacent to an activating group) is 2. The molecule has 35 heavy (non-hydrogen) atoms. The fourth-order valence-electron chi connectivity index (χ4n) is 4.82. The summed E-state index contributed by atoms with van der Waals surface area (Å²) in [5, 5.41) is 0. The zero-order valence-corrected chi connectivity index (χ0v) is 21.6. The Kier molecular flexibility index (Phi) is 7.66. The molecule has 0 N–H and O–H groups in total. The predicted octanol–water partition coefficient (Wildman–Crippen LogP) is 3.09. The molecule has 0 spiro atoms. The highest BCUT2D eigenvalue weighted by molar-refractivity contribution is 5.86.